The predicted octanol–water partition coefficient (Wildman–Crippen LogP) is 1.50. The number of nitrogens with zero attached hydrogens (tertiary/aromatic N) is 2. The minimum Gasteiger partial charge on any atom is -0.508 e. The van der Waals surface area contributed by atoms with E-state index in [2.05, 4.69) is 20.5 Å². The van der Waals surface area contributed by atoms with E-state index in [1.54, 1.807) is 12.1 Å². The maximum absolute atomic E-state index is 9.43. The minimum absolute atomic E-state index is 0.0627. The largest absolute Gasteiger partial charge is 0.508 e. The Balaban J connectivity index is 1.79. The number of phenols is 2. The summed E-state index contributed by atoms with van der Waals surface area (Å²) in [5.41, 5.74) is 0.858. The third kappa shape index (κ3) is 3.96. The number of nitrogens with one attached hydrogen (secondary N) is 2. The molecule has 4 N–H and O–H groups in total. The highest BCUT2D eigenvalue weighted by Gasteiger charge is 2.07. The molecular formula is C13H18N4O2. The van der Waals surface area contributed by atoms with Crippen molar-refractivity contribution in [3.8, 4) is 11.5 Å². The van der Waals surface area contributed by atoms with Crippen molar-refractivity contribution < 1.29 is 10.2 Å². The van der Waals surface area contributed by atoms with Crippen molar-refractivity contribution in [3.05, 3.63) is 35.9 Å². The number of aromatic amines is 1. The standard InChI is InChI=1S/C13H18N4O2/c1-9(10-5-11(18)7-12(19)6-10)14-4-2-3-13-15-8-16-17-13/h5-9,14,18-19H,2-4H2,1H3,(H,15,16,17). The van der Waals surface area contributed by atoms with E-state index in [4.69, 9.17) is 0 Å². The molecule has 0 saturated heterocycles. The van der Waals surface area contributed by atoms with Gasteiger partial charge < -0.3 is 15.5 Å². The second kappa shape index (κ2) is 6.19. The lowest BCUT2D eigenvalue weighted by Gasteiger charge is -2.14. The van der Waals surface area contributed by atoms with Crippen LogP contribution in [0.1, 0.15) is 30.8 Å². The Morgan fingerprint density at radius 3 is 2.63 bits per heavy atom. The van der Waals surface area contributed by atoms with Crippen molar-refractivity contribution >= 4 is 0 Å². The summed E-state index contributed by atoms with van der Waals surface area (Å²) in [5, 5.41) is 28.8. The maximum atomic E-state index is 9.43. The lowest BCUT2D eigenvalue weighted by molar-refractivity contribution is 0.446. The topological polar surface area (TPSA) is 94.1 Å². The number of aryl methyl sites for hydroxylation is 1. The first kappa shape index (κ1) is 13.4. The molecule has 0 saturated carbocycles. The van der Waals surface area contributed by atoms with Crippen LogP contribution >= 0.6 is 0 Å². The maximum Gasteiger partial charge on any atom is 0.137 e. The fourth-order valence-corrected chi connectivity index (χ4v) is 1.91. The highest BCUT2D eigenvalue weighted by Crippen LogP contribution is 2.24. The Labute approximate surface area is 111 Å². The molecule has 6 heteroatoms. The number of hydrogen-bond acceptors (Lipinski definition) is 5. The SMILES string of the molecule is CC(NCCCc1ncn[nH]1)c1cc(O)cc(O)c1. The summed E-state index contributed by atoms with van der Waals surface area (Å²) in [7, 11) is 0. The zero-order valence-corrected chi connectivity index (χ0v) is 10.8. The zero-order chi connectivity index (χ0) is 13.7. The van der Waals surface area contributed by atoms with Crippen LogP contribution in [0.3, 0.4) is 0 Å². The Hall–Kier alpha value is -2.08. The van der Waals surface area contributed by atoms with Gasteiger partial charge >= 0.3 is 0 Å². The number of H-pyrrole nitrogens is 1. The molecule has 6 nitrogen and oxygen atoms in total. The first-order chi connectivity index (χ1) is 9.15. The van der Waals surface area contributed by atoms with Crippen LogP contribution in [0.15, 0.2) is 24.5 Å². The van der Waals surface area contributed by atoms with E-state index in [0.717, 1.165) is 30.8 Å². The van der Waals surface area contributed by atoms with Crippen molar-refractivity contribution in [1.82, 2.24) is 20.5 Å². The smallest absolute Gasteiger partial charge is 0.137 e. The van der Waals surface area contributed by atoms with Gasteiger partial charge in [-0.15, -0.1) is 0 Å². The van der Waals surface area contributed by atoms with Crippen molar-refractivity contribution in [1.29, 1.82) is 0 Å². The average molecular weight is 262 g/mol. The third-order valence-corrected chi connectivity index (χ3v) is 2.93. The van der Waals surface area contributed by atoms with Crippen LogP contribution in [0, 0.1) is 0 Å². The molecule has 0 spiro atoms. The Morgan fingerprint density at radius 1 is 1.26 bits per heavy atom. The molecule has 0 fully saturated rings. The van der Waals surface area contributed by atoms with Crippen LogP contribution in [0.2, 0.25) is 0 Å². The van der Waals surface area contributed by atoms with E-state index in [1.807, 2.05) is 6.92 Å². The van der Waals surface area contributed by atoms with Crippen molar-refractivity contribution in [2.24, 2.45) is 0 Å². The van der Waals surface area contributed by atoms with Crippen LogP contribution in [-0.2, 0) is 6.42 Å². The number of hydrogen-bond donors (Lipinski definition) is 4. The van der Waals surface area contributed by atoms with Gasteiger partial charge in [-0.1, -0.05) is 0 Å². The van der Waals surface area contributed by atoms with Crippen molar-refractivity contribution in [2.45, 2.75) is 25.8 Å². The average Bonchev–Trinajstić information content (AvgIpc) is 2.86. The van der Waals surface area contributed by atoms with E-state index in [1.165, 1.54) is 12.4 Å². The Bertz CT molecular complexity index is 493. The van der Waals surface area contributed by atoms with Gasteiger partial charge in [-0.3, -0.25) is 5.10 Å². The lowest BCUT2D eigenvalue weighted by Crippen LogP contribution is -2.20. The molecule has 0 bridgehead atoms. The summed E-state index contributed by atoms with van der Waals surface area (Å²) in [6, 6.07) is 4.68. The highest BCUT2D eigenvalue weighted by molar-refractivity contribution is 5.37. The molecule has 0 aliphatic rings. The van der Waals surface area contributed by atoms with E-state index in [-0.39, 0.29) is 17.5 Å². The number of rotatable bonds is 6. The molecule has 0 aliphatic carbocycles. The molecule has 1 aromatic carbocycles. The van der Waals surface area contributed by atoms with Gasteiger partial charge in [-0.05, 0) is 37.6 Å². The summed E-state index contributed by atoms with van der Waals surface area (Å²) < 4.78 is 0. The molecule has 2 aromatic rings. The fraction of sp³-hybridized carbons (Fsp3) is 0.385. The van der Waals surface area contributed by atoms with Crippen molar-refractivity contribution in [3.63, 3.8) is 0 Å². The van der Waals surface area contributed by atoms with E-state index >= 15 is 0 Å². The van der Waals surface area contributed by atoms with Crippen molar-refractivity contribution in [2.75, 3.05) is 6.54 Å². The van der Waals surface area contributed by atoms with Crippen LogP contribution in [0.4, 0.5) is 0 Å². The molecule has 1 heterocycles. The van der Waals surface area contributed by atoms with E-state index in [0.29, 0.717) is 0 Å². The number of aromatic nitrogens is 3. The van der Waals surface area contributed by atoms with Gasteiger partial charge in [0.1, 0.15) is 23.7 Å². The molecule has 0 radical (unpaired) electrons. The minimum atomic E-state index is 0.0627. The number of phenolic OH excluding ortho intramolecular Hbond substituents is 2. The van der Waals surface area contributed by atoms with Crippen LogP contribution in [0.25, 0.3) is 0 Å². The summed E-state index contributed by atoms with van der Waals surface area (Å²) >= 11 is 0. The highest BCUT2D eigenvalue weighted by atomic mass is 16.3. The molecule has 0 aliphatic heterocycles. The van der Waals surface area contributed by atoms with Gasteiger partial charge in [-0.2, -0.15) is 5.10 Å². The third-order valence-electron chi connectivity index (χ3n) is 2.93. The van der Waals surface area contributed by atoms with Gasteiger partial charge in [-0.25, -0.2) is 4.98 Å². The quantitative estimate of drug-likeness (QED) is 0.592. The second-order valence-corrected chi connectivity index (χ2v) is 4.49. The zero-order valence-electron chi connectivity index (χ0n) is 10.8. The van der Waals surface area contributed by atoms with Gasteiger partial charge in [0.25, 0.3) is 0 Å². The molecule has 1 atom stereocenters. The molecule has 2 rings (SSSR count). The molecule has 1 unspecified atom stereocenters. The fourth-order valence-electron chi connectivity index (χ4n) is 1.91. The van der Waals surface area contributed by atoms with E-state index < -0.39 is 0 Å². The monoisotopic (exact) mass is 262 g/mol. The van der Waals surface area contributed by atoms with Crippen LogP contribution in [-0.4, -0.2) is 31.9 Å². The van der Waals surface area contributed by atoms with Crippen LogP contribution < -0.4 is 5.32 Å². The summed E-state index contributed by atoms with van der Waals surface area (Å²) in [6.07, 6.45) is 3.27. The van der Waals surface area contributed by atoms with Gasteiger partial charge in [0.05, 0.1) is 0 Å². The molecule has 0 amide bonds. The molecule has 102 valence electrons. The molecule has 19 heavy (non-hydrogen) atoms. The van der Waals surface area contributed by atoms with Gasteiger partial charge in [0.15, 0.2) is 0 Å². The normalized spacial score (nSPS) is 12.5. The second-order valence-electron chi connectivity index (χ2n) is 4.49. The number of aromatic hydroxyl groups is 2. The van der Waals surface area contributed by atoms with Gasteiger partial charge in [0, 0.05) is 18.5 Å². The summed E-state index contributed by atoms with van der Waals surface area (Å²) in [5.74, 6) is 1.03. The molecular weight excluding hydrogens is 244 g/mol. The molecule has 1 aromatic heterocycles. The summed E-state index contributed by atoms with van der Waals surface area (Å²) in [4.78, 5) is 4.05. The Morgan fingerprint density at radius 2 is 2.00 bits per heavy atom. The lowest BCUT2D eigenvalue weighted by atomic mass is 10.1. The first-order valence-electron chi connectivity index (χ1n) is 6.25. The Kier molecular flexibility index (Phi) is 4.35. The summed E-state index contributed by atoms with van der Waals surface area (Å²) in [6.45, 7) is 2.81. The van der Waals surface area contributed by atoms with Crippen LogP contribution in [0.5, 0.6) is 11.5 Å². The predicted molar refractivity (Wildman–Crippen MR) is 70.9 cm³/mol. The first-order valence-corrected chi connectivity index (χ1v) is 6.25. The van der Waals surface area contributed by atoms with E-state index in [9.17, 15) is 10.2 Å². The van der Waals surface area contributed by atoms with Gasteiger partial charge in [0.2, 0.25) is 0 Å². The number of benzene rings is 1.